The summed E-state index contributed by atoms with van der Waals surface area (Å²) in [4.78, 5) is 78.3. The van der Waals surface area contributed by atoms with E-state index in [0.29, 0.717) is 71.9 Å². The highest BCUT2D eigenvalue weighted by Crippen LogP contribution is 2.41. The van der Waals surface area contributed by atoms with Crippen molar-refractivity contribution in [1.29, 1.82) is 0 Å². The number of pyridine rings is 1. The van der Waals surface area contributed by atoms with Gasteiger partial charge in [-0.1, -0.05) is 62.4 Å². The molecule has 10 rings (SSSR count). The third-order valence-corrected chi connectivity index (χ3v) is 15.9. The first-order valence-electron chi connectivity index (χ1n) is 25.9. The van der Waals surface area contributed by atoms with Crippen molar-refractivity contribution in [2.45, 2.75) is 104 Å². The number of benzene rings is 4. The summed E-state index contributed by atoms with van der Waals surface area (Å²) in [7, 11) is 1.81. The lowest BCUT2D eigenvalue weighted by molar-refractivity contribution is -0.134. The molecule has 0 saturated carbocycles. The topological polar surface area (TPSA) is 201 Å². The van der Waals surface area contributed by atoms with Gasteiger partial charge in [0.1, 0.15) is 11.6 Å². The van der Waals surface area contributed by atoms with E-state index in [2.05, 4.69) is 63.5 Å². The zero-order valence-corrected chi connectivity index (χ0v) is 44.1. The molecular weight excluding hydrogens is 967 g/mol. The van der Waals surface area contributed by atoms with Gasteiger partial charge in [0.05, 0.1) is 40.0 Å². The third-order valence-electron chi connectivity index (χ3n) is 15.0. The number of hydrogen-bond acceptors (Lipinski definition) is 12. The number of carboxylic acids is 1. The predicted octanol–water partition coefficient (Wildman–Crippen LogP) is 9.78. The van der Waals surface area contributed by atoms with Gasteiger partial charge in [-0.15, -0.1) is 0 Å². The SMILES string of the molecule is Cc1cc(O[C@@H](C)CCC2CCN(CC(=O)Nc3ccc4c(C5CCC(=O)NC5=O)nn(C)c4c3)CC2)ccc1-c1c(C(C)(C)C)cc(N2CCc3cccc(C(=O)Nc4nc5ccccc5s4)c3C2)nc1C(=O)O. The molecule has 17 heteroatoms. The number of nitrogens with zero attached hydrogens (tertiary/aromatic N) is 6. The second kappa shape index (κ2) is 21.0. The molecular formula is C58H63N9O7S. The summed E-state index contributed by atoms with van der Waals surface area (Å²) in [5.74, 6) is -0.743. The van der Waals surface area contributed by atoms with Gasteiger partial charge < -0.3 is 20.1 Å². The molecule has 0 aliphatic carbocycles. The lowest BCUT2D eigenvalue weighted by atomic mass is 9.80. The van der Waals surface area contributed by atoms with Gasteiger partial charge in [0, 0.05) is 48.8 Å². The van der Waals surface area contributed by atoms with Gasteiger partial charge in [-0.05, 0) is 159 Å². The Balaban J connectivity index is 0.746. The third kappa shape index (κ3) is 11.0. The van der Waals surface area contributed by atoms with Crippen LogP contribution in [-0.2, 0) is 39.8 Å². The summed E-state index contributed by atoms with van der Waals surface area (Å²) < 4.78 is 9.19. The maximum Gasteiger partial charge on any atom is 0.355 e. The number of nitrogens with one attached hydrogen (secondary N) is 3. The van der Waals surface area contributed by atoms with Crippen LogP contribution >= 0.6 is 11.3 Å². The number of hydrogen-bond donors (Lipinski definition) is 4. The molecule has 0 bridgehead atoms. The van der Waals surface area contributed by atoms with E-state index in [4.69, 9.17) is 9.72 Å². The normalized spacial score (nSPS) is 16.9. The number of amides is 4. The number of carboxylic acid groups (broad SMARTS) is 1. The van der Waals surface area contributed by atoms with Crippen molar-refractivity contribution in [3.05, 3.63) is 124 Å². The average molecular weight is 1030 g/mol. The van der Waals surface area contributed by atoms with E-state index in [-0.39, 0.29) is 41.8 Å². The fraction of sp³-hybridized carbons (Fsp3) is 0.379. The predicted molar refractivity (Wildman–Crippen MR) is 292 cm³/mol. The van der Waals surface area contributed by atoms with E-state index in [1.807, 2.05) is 98.9 Å². The largest absolute Gasteiger partial charge is 0.491 e. The standard InChI is InChI=1S/C58H63N9O7S/c1-33-28-38(74-34(2)14-15-35-22-25-66(26-23-35)32-50(69)59-37-16-18-41-46(29-37)65(6)64-52(41)42-20-21-49(68)62-55(42)71)17-19-39(33)51-44(58(3,4)5)30-48(61-53(51)56(72)73)67-27-24-36-10-9-11-40(43(36)31-67)54(70)63-57-60-45-12-7-8-13-47(45)75-57/h7-13,16-19,28-30,34-35,42H,14-15,20-27,31-32H2,1-6H3,(H,59,69)(H,72,73)(H,60,63,70)(H,62,68,71)/t34-,42?/m0/s1. The Morgan fingerprint density at radius 2 is 1.72 bits per heavy atom. The molecule has 3 aromatic heterocycles. The number of carbonyl (C=O) groups is 5. The Bertz CT molecular complexity index is 3350. The quantitative estimate of drug-likeness (QED) is 0.0753. The van der Waals surface area contributed by atoms with Gasteiger partial charge in [-0.25, -0.2) is 14.8 Å². The number of thiazole rings is 1. The van der Waals surface area contributed by atoms with Gasteiger partial charge in [0.2, 0.25) is 17.7 Å². The van der Waals surface area contributed by atoms with Crippen LogP contribution < -0.4 is 25.6 Å². The molecule has 0 radical (unpaired) electrons. The highest BCUT2D eigenvalue weighted by atomic mass is 32.1. The van der Waals surface area contributed by atoms with Gasteiger partial charge >= 0.3 is 5.97 Å². The summed E-state index contributed by atoms with van der Waals surface area (Å²) >= 11 is 1.43. The second-order valence-corrected chi connectivity index (χ2v) is 22.4. The van der Waals surface area contributed by atoms with Crippen LogP contribution in [0.3, 0.4) is 0 Å². The number of piperidine rings is 2. The van der Waals surface area contributed by atoms with Gasteiger partial charge in [0.15, 0.2) is 10.8 Å². The van der Waals surface area contributed by atoms with Crippen LogP contribution in [0.15, 0.2) is 84.9 Å². The number of aryl methyl sites for hydroxylation is 2. The van der Waals surface area contributed by atoms with Crippen molar-refractivity contribution < 1.29 is 33.8 Å². The Labute approximate surface area is 439 Å². The zero-order chi connectivity index (χ0) is 52.7. The molecule has 2 atom stereocenters. The lowest BCUT2D eigenvalue weighted by Gasteiger charge is -2.33. The number of fused-ring (bicyclic) bond motifs is 3. The number of imide groups is 1. The van der Waals surface area contributed by atoms with E-state index in [1.165, 1.54) is 11.3 Å². The molecule has 3 aliphatic heterocycles. The number of aromatic carboxylic acids is 1. The molecule has 16 nitrogen and oxygen atoms in total. The monoisotopic (exact) mass is 1030 g/mol. The summed E-state index contributed by atoms with van der Waals surface area (Å²) in [5.41, 5.74) is 8.08. The van der Waals surface area contributed by atoms with Crippen LogP contribution in [0.2, 0.25) is 0 Å². The smallest absolute Gasteiger partial charge is 0.355 e. The number of anilines is 3. The molecule has 0 spiro atoms. The van der Waals surface area contributed by atoms with Crippen LogP contribution in [0.25, 0.3) is 32.2 Å². The van der Waals surface area contributed by atoms with Crippen molar-refractivity contribution in [2.24, 2.45) is 13.0 Å². The average Bonchev–Trinajstić information content (AvgIpc) is 3.94. The first-order valence-corrected chi connectivity index (χ1v) is 26.7. The minimum Gasteiger partial charge on any atom is -0.491 e. The Hall–Kier alpha value is -7.50. The van der Waals surface area contributed by atoms with Crippen LogP contribution in [-0.4, -0.2) is 91.6 Å². The number of aromatic nitrogens is 4. The minimum absolute atomic E-state index is 0.0204. The summed E-state index contributed by atoms with van der Waals surface area (Å²) in [5, 5.41) is 25.3. The van der Waals surface area contributed by atoms with Crippen LogP contribution in [0, 0.1) is 12.8 Å². The molecule has 4 N–H and O–H groups in total. The van der Waals surface area contributed by atoms with Crippen molar-refractivity contribution in [1.82, 2.24) is 30.0 Å². The number of likely N-dealkylation sites (tertiary alicyclic amines) is 1. The molecule has 6 heterocycles. The first kappa shape index (κ1) is 51.0. The Kier molecular flexibility index (Phi) is 14.3. The fourth-order valence-corrected chi connectivity index (χ4v) is 11.8. The van der Waals surface area contributed by atoms with Gasteiger partial charge in [-0.3, -0.25) is 39.4 Å². The first-order chi connectivity index (χ1) is 35.9. The number of carbonyl (C=O) groups excluding carboxylic acids is 4. The number of rotatable bonds is 14. The minimum atomic E-state index is -1.11. The molecule has 7 aromatic rings. The fourth-order valence-electron chi connectivity index (χ4n) is 11.0. The van der Waals surface area contributed by atoms with Crippen molar-refractivity contribution in [3.63, 3.8) is 0 Å². The summed E-state index contributed by atoms with van der Waals surface area (Å²) in [6, 6.07) is 27.0. The van der Waals surface area contributed by atoms with Crippen LogP contribution in [0.4, 0.5) is 16.6 Å². The van der Waals surface area contributed by atoms with E-state index in [0.717, 1.165) is 93.5 Å². The van der Waals surface area contributed by atoms with E-state index < -0.39 is 17.3 Å². The molecule has 75 heavy (non-hydrogen) atoms. The van der Waals surface area contributed by atoms with E-state index >= 15 is 0 Å². The number of ether oxygens (including phenoxy) is 1. The number of para-hydroxylation sites is 1. The van der Waals surface area contributed by atoms with Crippen molar-refractivity contribution in [3.8, 4) is 16.9 Å². The highest BCUT2D eigenvalue weighted by Gasteiger charge is 2.33. The molecule has 4 amide bonds. The molecule has 4 aromatic carbocycles. The van der Waals surface area contributed by atoms with Gasteiger partial charge in [0.25, 0.3) is 5.91 Å². The second-order valence-electron chi connectivity index (χ2n) is 21.4. The van der Waals surface area contributed by atoms with E-state index in [9.17, 15) is 29.1 Å². The van der Waals surface area contributed by atoms with Gasteiger partial charge in [-0.2, -0.15) is 5.10 Å². The molecule has 3 aliphatic rings. The van der Waals surface area contributed by atoms with E-state index in [1.54, 1.807) is 4.68 Å². The molecule has 1 unspecified atom stereocenters. The van der Waals surface area contributed by atoms with Crippen molar-refractivity contribution >= 4 is 78.7 Å². The lowest BCUT2D eigenvalue weighted by Crippen LogP contribution is -2.39. The Morgan fingerprint density at radius 3 is 2.47 bits per heavy atom. The maximum atomic E-state index is 13.8. The highest BCUT2D eigenvalue weighted by molar-refractivity contribution is 7.22. The maximum absolute atomic E-state index is 13.8. The summed E-state index contributed by atoms with van der Waals surface area (Å²) in [6.07, 6.45) is 5.15. The molecule has 2 fully saturated rings. The zero-order valence-electron chi connectivity index (χ0n) is 43.3. The van der Waals surface area contributed by atoms with Crippen LogP contribution in [0.5, 0.6) is 5.75 Å². The van der Waals surface area contributed by atoms with Crippen molar-refractivity contribution in [2.75, 3.05) is 41.7 Å². The van der Waals surface area contributed by atoms with Crippen LogP contribution in [0.1, 0.15) is 121 Å². The summed E-state index contributed by atoms with van der Waals surface area (Å²) in [6.45, 7) is 13.3. The molecule has 388 valence electrons. The Morgan fingerprint density at radius 1 is 0.920 bits per heavy atom. The molecule has 2 saturated heterocycles.